The van der Waals surface area contributed by atoms with Crippen LogP contribution in [-0.2, 0) is 45.1 Å². The summed E-state index contributed by atoms with van der Waals surface area (Å²) in [5.74, 6) is -7.70. The molecule has 4 aromatic heterocycles. The number of rotatable bonds is 18. The maximum atomic E-state index is 15.7. The molecule has 0 bridgehead atoms. The van der Waals surface area contributed by atoms with Crippen LogP contribution in [0.1, 0.15) is 77.8 Å². The molecule has 6 heterocycles. The largest absolute Gasteiger partial charge is 0.478 e. The number of aromatic nitrogens is 6. The van der Waals surface area contributed by atoms with Gasteiger partial charge in [-0.05, 0) is 108 Å². The van der Waals surface area contributed by atoms with Gasteiger partial charge >= 0.3 is 11.9 Å². The fourth-order valence-corrected chi connectivity index (χ4v) is 11.2. The highest BCUT2D eigenvalue weighted by Crippen LogP contribution is 2.37. The first-order valence-corrected chi connectivity index (χ1v) is 28.9. The minimum absolute atomic E-state index is 0.00272. The quantitative estimate of drug-likeness (QED) is 0.0581. The van der Waals surface area contributed by atoms with Gasteiger partial charge in [-0.25, -0.2) is 55.9 Å². The summed E-state index contributed by atoms with van der Waals surface area (Å²) < 4.78 is 117. The molecule has 0 unspecified atom stereocenters. The molecule has 476 valence electrons. The SMILES string of the molecule is CNC(=O)[C@@H]1COC[C@@H]1n1c(Cc2cc(F)c(-c3cccc(OCc4ccc(C#N)cc4F)n3)cc2F)nc2ccc(C(=O)O)cc21.CNC(=O)[C@@H]1COC[C@@H]1n1c(Cc2cc(F)c(-c3cccc(OCc4ccc(C#N)cc4F)n3)cc2F)nc2ccc(C(=O)O)cc21. The van der Waals surface area contributed by atoms with E-state index in [1.54, 1.807) is 21.3 Å². The number of nitrogens with zero attached hydrogens (tertiary/aromatic N) is 8. The summed E-state index contributed by atoms with van der Waals surface area (Å²) in [6.45, 7) is 0.101. The van der Waals surface area contributed by atoms with E-state index < -0.39 is 70.8 Å². The van der Waals surface area contributed by atoms with Gasteiger partial charge in [0.25, 0.3) is 0 Å². The predicted octanol–water partition coefficient (Wildman–Crippen LogP) is 10.4. The summed E-state index contributed by atoms with van der Waals surface area (Å²) in [6.07, 6.45) is -0.354. The van der Waals surface area contributed by atoms with Crippen LogP contribution in [0.3, 0.4) is 0 Å². The third-order valence-corrected chi connectivity index (χ3v) is 16.0. The van der Waals surface area contributed by atoms with E-state index >= 15 is 17.6 Å². The maximum absolute atomic E-state index is 15.7. The fourth-order valence-electron chi connectivity index (χ4n) is 11.2. The van der Waals surface area contributed by atoms with Crippen LogP contribution < -0.4 is 20.1 Å². The Hall–Kier alpha value is -11.5. The van der Waals surface area contributed by atoms with Crippen molar-refractivity contribution >= 4 is 45.8 Å². The van der Waals surface area contributed by atoms with Gasteiger partial charge in [0.1, 0.15) is 59.8 Å². The molecule has 2 aliphatic heterocycles. The van der Waals surface area contributed by atoms with Gasteiger partial charge in [-0.3, -0.25) is 9.59 Å². The van der Waals surface area contributed by atoms with E-state index in [0.29, 0.717) is 33.7 Å². The Bertz CT molecular complexity index is 4450. The predicted molar refractivity (Wildman–Crippen MR) is 324 cm³/mol. The molecule has 10 aromatic rings. The first-order valence-electron chi connectivity index (χ1n) is 28.9. The normalized spacial score (nSPS) is 15.8. The molecular weight excluding hydrogens is 1230 g/mol. The lowest BCUT2D eigenvalue weighted by Crippen LogP contribution is -2.34. The molecule has 2 aliphatic rings. The van der Waals surface area contributed by atoms with Crippen molar-refractivity contribution in [1.29, 1.82) is 10.5 Å². The Kier molecular flexibility index (Phi) is 18.8. The van der Waals surface area contributed by atoms with Crippen molar-refractivity contribution in [2.24, 2.45) is 11.8 Å². The zero-order chi connectivity index (χ0) is 66.5. The number of nitriles is 2. The number of aromatic carboxylic acids is 2. The van der Waals surface area contributed by atoms with Crippen LogP contribution in [0.4, 0.5) is 26.3 Å². The van der Waals surface area contributed by atoms with Crippen LogP contribution in [0.25, 0.3) is 44.6 Å². The van der Waals surface area contributed by atoms with E-state index in [-0.39, 0.29) is 143 Å². The van der Waals surface area contributed by atoms with Crippen LogP contribution >= 0.6 is 0 Å². The van der Waals surface area contributed by atoms with Crippen LogP contribution in [0.5, 0.6) is 11.8 Å². The Balaban J connectivity index is 0.000000192. The average molecular weight is 1280 g/mol. The highest BCUT2D eigenvalue weighted by atomic mass is 19.1. The monoisotopic (exact) mass is 1280 g/mol. The summed E-state index contributed by atoms with van der Waals surface area (Å²) in [5, 5.41) is 42.3. The van der Waals surface area contributed by atoms with Crippen LogP contribution in [0, 0.1) is 69.4 Å². The molecule has 0 saturated carbocycles. The van der Waals surface area contributed by atoms with Gasteiger partial charge in [-0.2, -0.15) is 10.5 Å². The van der Waals surface area contributed by atoms with Crippen LogP contribution in [-0.4, -0.2) is 104 Å². The molecule has 26 heteroatoms. The number of carbonyl (C=O) groups is 4. The summed E-state index contributed by atoms with van der Waals surface area (Å²) >= 11 is 0. The van der Waals surface area contributed by atoms with Gasteiger partial charge in [0, 0.05) is 61.3 Å². The molecule has 2 saturated heterocycles. The standard InChI is InChI=1S/2C34H26F3N5O5/c2*1-39-33(43)23-16-46-17-30(23)42-29-11-19(34(44)45)7-8-28(29)40-31(42)12-21-10-26(37)22(13-25(21)36)27-3-2-4-32(41-27)47-15-20-6-5-18(14-38)9-24(20)35/h2*2-11,13,23,30H,12,15-17H2,1H3,(H,39,43)(H,44,45)/t2*23-,30+/m11/s1. The Morgan fingerprint density at radius 3 is 1.29 bits per heavy atom. The highest BCUT2D eigenvalue weighted by molar-refractivity contribution is 5.94. The first kappa shape index (κ1) is 64.1. The minimum Gasteiger partial charge on any atom is -0.478 e. The minimum atomic E-state index is -1.15. The molecule has 0 radical (unpaired) electrons. The number of imidazole rings is 2. The summed E-state index contributed by atoms with van der Waals surface area (Å²) in [6, 6.07) is 32.3. The number of carbonyl (C=O) groups excluding carboxylic acids is 2. The van der Waals surface area contributed by atoms with Gasteiger partial charge in [0.05, 0.1) is 118 Å². The van der Waals surface area contributed by atoms with E-state index in [2.05, 4.69) is 30.6 Å². The van der Waals surface area contributed by atoms with E-state index in [4.69, 9.17) is 29.5 Å². The molecule has 6 aromatic carbocycles. The number of ether oxygens (including phenoxy) is 4. The molecular formula is C68H52F6N10O10. The lowest BCUT2D eigenvalue weighted by molar-refractivity contribution is -0.126. The number of hydrogen-bond donors (Lipinski definition) is 4. The van der Waals surface area contributed by atoms with E-state index in [9.17, 15) is 38.2 Å². The molecule has 2 fully saturated rings. The molecule has 2 amide bonds. The fraction of sp³-hybridized carbons (Fsp3) is 0.206. The van der Waals surface area contributed by atoms with Crippen molar-refractivity contribution in [3.8, 4) is 46.4 Å². The lowest BCUT2D eigenvalue weighted by atomic mass is 10.0. The summed E-state index contributed by atoms with van der Waals surface area (Å²) in [5.41, 5.74) is 2.23. The van der Waals surface area contributed by atoms with Gasteiger partial charge < -0.3 is 48.9 Å². The second kappa shape index (κ2) is 27.5. The Labute approximate surface area is 530 Å². The van der Waals surface area contributed by atoms with Crippen molar-refractivity contribution in [3.63, 3.8) is 0 Å². The third-order valence-electron chi connectivity index (χ3n) is 16.0. The second-order valence-electron chi connectivity index (χ2n) is 21.8. The van der Waals surface area contributed by atoms with Crippen molar-refractivity contribution in [2.45, 2.75) is 38.1 Å². The topological polar surface area (TPSA) is 279 Å². The smallest absolute Gasteiger partial charge is 0.335 e. The van der Waals surface area contributed by atoms with Crippen molar-refractivity contribution < 1.29 is 74.7 Å². The second-order valence-corrected chi connectivity index (χ2v) is 21.8. The number of hydrogen-bond acceptors (Lipinski definition) is 14. The van der Waals surface area contributed by atoms with E-state index in [1.165, 1.54) is 99.0 Å². The molecule has 20 nitrogen and oxygen atoms in total. The van der Waals surface area contributed by atoms with Crippen LogP contribution in [0.15, 0.2) is 133 Å². The van der Waals surface area contributed by atoms with Crippen molar-refractivity contribution in [1.82, 2.24) is 39.7 Å². The number of fused-ring (bicyclic) bond motifs is 2. The van der Waals surface area contributed by atoms with Gasteiger partial charge in [0.15, 0.2) is 0 Å². The van der Waals surface area contributed by atoms with Gasteiger partial charge in [0.2, 0.25) is 23.6 Å². The van der Waals surface area contributed by atoms with E-state index in [0.717, 1.165) is 36.4 Å². The molecule has 0 spiro atoms. The maximum Gasteiger partial charge on any atom is 0.335 e. The summed E-state index contributed by atoms with van der Waals surface area (Å²) in [4.78, 5) is 66.6. The third kappa shape index (κ3) is 13.5. The number of benzene rings is 6. The molecule has 12 rings (SSSR count). The number of carboxylic acid groups (broad SMARTS) is 2. The molecule has 94 heavy (non-hydrogen) atoms. The Morgan fingerprint density at radius 1 is 0.511 bits per heavy atom. The number of nitrogens with one attached hydrogen (secondary N) is 2. The van der Waals surface area contributed by atoms with Crippen molar-refractivity contribution in [2.75, 3.05) is 40.5 Å². The highest BCUT2D eigenvalue weighted by Gasteiger charge is 2.39. The van der Waals surface area contributed by atoms with E-state index in [1.807, 2.05) is 12.1 Å². The first-order chi connectivity index (χ1) is 45.3. The Morgan fingerprint density at radius 2 is 0.915 bits per heavy atom. The van der Waals surface area contributed by atoms with Gasteiger partial charge in [-0.1, -0.05) is 24.3 Å². The molecule has 4 atom stereocenters. The number of carboxylic acids is 2. The molecule has 4 N–H and O–H groups in total. The van der Waals surface area contributed by atoms with Gasteiger partial charge in [-0.15, -0.1) is 0 Å². The van der Waals surface area contributed by atoms with Crippen molar-refractivity contribution in [3.05, 3.63) is 225 Å². The molecule has 0 aliphatic carbocycles. The number of halogens is 6. The lowest BCUT2D eigenvalue weighted by Gasteiger charge is -2.21. The van der Waals surface area contributed by atoms with Crippen LogP contribution in [0.2, 0.25) is 0 Å². The zero-order valence-corrected chi connectivity index (χ0v) is 49.7. The number of amides is 2. The average Bonchev–Trinajstić information content (AvgIpc) is 1.52. The number of pyridine rings is 2. The summed E-state index contributed by atoms with van der Waals surface area (Å²) in [7, 11) is 3.00. The zero-order valence-electron chi connectivity index (χ0n) is 49.7.